The molecule has 9 heteroatoms. The second-order valence-corrected chi connectivity index (χ2v) is 9.58. The van der Waals surface area contributed by atoms with E-state index in [0.717, 1.165) is 42.7 Å². The van der Waals surface area contributed by atoms with Crippen LogP contribution in [-0.2, 0) is 40.8 Å². The van der Waals surface area contributed by atoms with Crippen LogP contribution in [0.15, 0.2) is 0 Å². The average Bonchev–Trinajstić information content (AvgIpc) is 2.89. The van der Waals surface area contributed by atoms with Crippen LogP contribution in [0.25, 0.3) is 11.0 Å². The Morgan fingerprint density at radius 2 is 1.96 bits per heavy atom. The Bertz CT molecular complexity index is 950. The van der Waals surface area contributed by atoms with Gasteiger partial charge < -0.3 is 15.0 Å². The number of rotatable bonds is 7. The van der Waals surface area contributed by atoms with Gasteiger partial charge in [0.2, 0.25) is 10.0 Å². The zero-order valence-corrected chi connectivity index (χ0v) is 17.3. The van der Waals surface area contributed by atoms with Crippen LogP contribution in [0.3, 0.4) is 0 Å². The van der Waals surface area contributed by atoms with Crippen molar-refractivity contribution in [3.63, 3.8) is 0 Å². The minimum Gasteiger partial charge on any atom is -0.382 e. The molecule has 0 atom stereocenters. The van der Waals surface area contributed by atoms with Crippen LogP contribution >= 0.6 is 0 Å². The van der Waals surface area contributed by atoms with Crippen LogP contribution in [-0.4, -0.2) is 41.4 Å². The molecule has 0 fully saturated rings. The number of sulfonamides is 1. The third-order valence-electron chi connectivity index (χ3n) is 4.72. The molecule has 2 aromatic heterocycles. The summed E-state index contributed by atoms with van der Waals surface area (Å²) in [5.74, 6) is 1.17. The maximum absolute atomic E-state index is 11.8. The summed E-state index contributed by atoms with van der Waals surface area (Å²) in [6, 6.07) is 0. The molecule has 27 heavy (non-hydrogen) atoms. The van der Waals surface area contributed by atoms with Crippen molar-refractivity contribution in [3.8, 4) is 0 Å². The largest absolute Gasteiger partial charge is 0.382 e. The molecule has 2 heterocycles. The first-order valence-corrected chi connectivity index (χ1v) is 11.2. The molecule has 0 radical (unpaired) electrons. The van der Waals surface area contributed by atoms with Gasteiger partial charge in [0, 0.05) is 24.4 Å². The smallest absolute Gasteiger partial charge is 0.209 e. The van der Waals surface area contributed by atoms with Gasteiger partial charge in [-0.05, 0) is 52.0 Å². The molecule has 0 saturated carbocycles. The predicted octanol–water partition coefficient (Wildman–Crippen LogP) is 1.76. The summed E-state index contributed by atoms with van der Waals surface area (Å²) >= 11 is 0. The third kappa shape index (κ3) is 4.41. The van der Waals surface area contributed by atoms with E-state index in [9.17, 15) is 8.42 Å². The highest BCUT2D eigenvalue weighted by molar-refractivity contribution is 7.88. The molecule has 3 rings (SSSR count). The Labute approximate surface area is 160 Å². The fourth-order valence-electron chi connectivity index (χ4n) is 3.85. The lowest BCUT2D eigenvalue weighted by atomic mass is 9.94. The molecular weight excluding hydrogens is 366 g/mol. The predicted molar refractivity (Wildman–Crippen MR) is 106 cm³/mol. The SMILES string of the molecule is CCOCc1nc2c(N)nc3c(c2n1CC(C)(C)NS(C)(=O)=O)CCCC3. The Kier molecular flexibility index (Phi) is 5.47. The summed E-state index contributed by atoms with van der Waals surface area (Å²) in [7, 11) is -3.35. The van der Waals surface area contributed by atoms with Crippen molar-refractivity contribution in [1.82, 2.24) is 19.3 Å². The van der Waals surface area contributed by atoms with Crippen LogP contribution in [0, 0.1) is 0 Å². The van der Waals surface area contributed by atoms with Crippen LogP contribution in [0.1, 0.15) is 50.7 Å². The van der Waals surface area contributed by atoms with Gasteiger partial charge in [-0.15, -0.1) is 0 Å². The van der Waals surface area contributed by atoms with E-state index in [4.69, 9.17) is 15.5 Å². The Morgan fingerprint density at radius 3 is 2.63 bits per heavy atom. The molecule has 2 aromatic rings. The number of imidazole rings is 1. The highest BCUT2D eigenvalue weighted by Crippen LogP contribution is 2.32. The first-order chi connectivity index (χ1) is 12.6. The van der Waals surface area contributed by atoms with E-state index in [0.29, 0.717) is 31.1 Å². The van der Waals surface area contributed by atoms with E-state index in [-0.39, 0.29) is 0 Å². The first kappa shape index (κ1) is 20.0. The molecule has 1 aliphatic carbocycles. The summed E-state index contributed by atoms with van der Waals surface area (Å²) in [5.41, 5.74) is 9.38. The lowest BCUT2D eigenvalue weighted by Gasteiger charge is -2.28. The summed E-state index contributed by atoms with van der Waals surface area (Å²) in [6.45, 7) is 6.99. The van der Waals surface area contributed by atoms with Gasteiger partial charge in [0.25, 0.3) is 0 Å². The number of aromatic nitrogens is 3. The normalized spacial score (nSPS) is 15.3. The van der Waals surface area contributed by atoms with Crippen molar-refractivity contribution in [1.29, 1.82) is 0 Å². The first-order valence-electron chi connectivity index (χ1n) is 9.34. The number of nitrogens with two attached hydrogens (primary N) is 1. The van der Waals surface area contributed by atoms with Gasteiger partial charge in [-0.2, -0.15) is 0 Å². The van der Waals surface area contributed by atoms with Gasteiger partial charge in [-0.25, -0.2) is 23.1 Å². The molecule has 0 bridgehead atoms. The zero-order chi connectivity index (χ0) is 19.8. The van der Waals surface area contributed by atoms with Crippen molar-refractivity contribution >= 4 is 26.9 Å². The van der Waals surface area contributed by atoms with Gasteiger partial charge in [0.15, 0.2) is 5.82 Å². The molecule has 0 saturated heterocycles. The lowest BCUT2D eigenvalue weighted by Crippen LogP contribution is -2.46. The van der Waals surface area contributed by atoms with Crippen molar-refractivity contribution in [3.05, 3.63) is 17.1 Å². The summed E-state index contributed by atoms with van der Waals surface area (Å²) in [5, 5.41) is 0. The summed E-state index contributed by atoms with van der Waals surface area (Å²) in [4.78, 5) is 9.29. The van der Waals surface area contributed by atoms with Gasteiger partial charge in [0.1, 0.15) is 17.9 Å². The van der Waals surface area contributed by atoms with Gasteiger partial charge in [0.05, 0.1) is 11.8 Å². The number of hydrogen-bond donors (Lipinski definition) is 2. The highest BCUT2D eigenvalue weighted by Gasteiger charge is 2.28. The molecule has 3 N–H and O–H groups in total. The van der Waals surface area contributed by atoms with Crippen molar-refractivity contribution in [2.75, 3.05) is 18.6 Å². The number of nitrogen functional groups attached to an aromatic ring is 1. The fourth-order valence-corrected chi connectivity index (χ4v) is 4.92. The molecule has 150 valence electrons. The van der Waals surface area contributed by atoms with Crippen molar-refractivity contribution in [2.24, 2.45) is 0 Å². The maximum Gasteiger partial charge on any atom is 0.209 e. The van der Waals surface area contributed by atoms with E-state index < -0.39 is 15.6 Å². The Hall–Kier alpha value is -1.71. The van der Waals surface area contributed by atoms with Crippen LogP contribution in [0.2, 0.25) is 0 Å². The second kappa shape index (κ2) is 7.37. The third-order valence-corrected chi connectivity index (χ3v) is 5.64. The quantitative estimate of drug-likeness (QED) is 0.739. The molecular formula is C18H29N5O3S. The fraction of sp³-hybridized carbons (Fsp3) is 0.667. The molecule has 8 nitrogen and oxygen atoms in total. The number of nitrogens with one attached hydrogen (secondary N) is 1. The van der Waals surface area contributed by atoms with E-state index in [2.05, 4.69) is 14.3 Å². The van der Waals surface area contributed by atoms with E-state index >= 15 is 0 Å². The van der Waals surface area contributed by atoms with Crippen LogP contribution < -0.4 is 10.5 Å². The van der Waals surface area contributed by atoms with Crippen LogP contribution in [0.5, 0.6) is 0 Å². The number of fused-ring (bicyclic) bond motifs is 3. The number of anilines is 1. The topological polar surface area (TPSA) is 112 Å². The highest BCUT2D eigenvalue weighted by atomic mass is 32.2. The molecule has 0 unspecified atom stereocenters. The number of pyridine rings is 1. The molecule has 0 spiro atoms. The van der Waals surface area contributed by atoms with Gasteiger partial charge in [-0.3, -0.25) is 0 Å². The van der Waals surface area contributed by atoms with Crippen LogP contribution in [0.4, 0.5) is 5.82 Å². The molecule has 0 amide bonds. The van der Waals surface area contributed by atoms with E-state index in [1.807, 2.05) is 20.8 Å². The summed E-state index contributed by atoms with van der Waals surface area (Å²) in [6.07, 6.45) is 5.22. The number of ether oxygens (including phenoxy) is 1. The average molecular weight is 396 g/mol. The van der Waals surface area contributed by atoms with Gasteiger partial charge in [-0.1, -0.05) is 0 Å². The Balaban J connectivity index is 2.16. The van der Waals surface area contributed by atoms with Crippen molar-refractivity contribution < 1.29 is 13.2 Å². The minimum atomic E-state index is -3.35. The second-order valence-electron chi connectivity index (χ2n) is 7.84. The number of nitrogens with zero attached hydrogens (tertiary/aromatic N) is 3. The zero-order valence-electron chi connectivity index (χ0n) is 16.5. The van der Waals surface area contributed by atoms with Gasteiger partial charge >= 0.3 is 0 Å². The maximum atomic E-state index is 11.8. The lowest BCUT2D eigenvalue weighted by molar-refractivity contribution is 0.125. The minimum absolute atomic E-state index is 0.342. The van der Waals surface area contributed by atoms with Crippen molar-refractivity contribution in [2.45, 2.75) is 65.1 Å². The molecule has 0 aliphatic heterocycles. The summed E-state index contributed by atoms with van der Waals surface area (Å²) < 4.78 is 34.0. The monoisotopic (exact) mass is 395 g/mol. The Morgan fingerprint density at radius 1 is 1.26 bits per heavy atom. The molecule has 1 aliphatic rings. The molecule has 0 aromatic carbocycles. The van der Waals surface area contributed by atoms with E-state index in [1.54, 1.807) is 0 Å². The standard InChI is InChI=1S/C18H29N5O3S/c1-5-26-10-14-21-15-16(12-8-6-7-9-13(12)20-17(15)19)23(14)11-18(2,3)22-27(4,24)25/h22H,5-11H2,1-4H3,(H2,19,20). The number of aryl methyl sites for hydroxylation is 2. The van der Waals surface area contributed by atoms with E-state index in [1.165, 1.54) is 11.8 Å². The number of hydrogen-bond acceptors (Lipinski definition) is 6.